The molecule has 0 bridgehead atoms. The molecule has 2 atom stereocenters. The largest absolute Gasteiger partial charge is 0.379 e. The van der Waals surface area contributed by atoms with Gasteiger partial charge < -0.3 is 15.0 Å². The summed E-state index contributed by atoms with van der Waals surface area (Å²) in [5.41, 5.74) is -0.226. The van der Waals surface area contributed by atoms with Crippen molar-refractivity contribution in [2.45, 2.75) is 44.2 Å². The summed E-state index contributed by atoms with van der Waals surface area (Å²) in [5, 5.41) is 2.89. The van der Waals surface area contributed by atoms with Crippen molar-refractivity contribution in [3.63, 3.8) is 0 Å². The first-order valence-electron chi connectivity index (χ1n) is 6.79. The van der Waals surface area contributed by atoms with Gasteiger partial charge >= 0.3 is 0 Å². The summed E-state index contributed by atoms with van der Waals surface area (Å²) in [6.07, 6.45) is 3.38. The SMILES string of the molecule is CC1(N2CCC(=O)NC(C3CC3)C2=O)CCOC1. The highest BCUT2D eigenvalue weighted by Gasteiger charge is 2.47. The maximum absolute atomic E-state index is 12.6. The van der Waals surface area contributed by atoms with Crippen LogP contribution in [0.5, 0.6) is 0 Å². The molecule has 1 aliphatic carbocycles. The van der Waals surface area contributed by atoms with Crippen LogP contribution in [0.2, 0.25) is 0 Å². The van der Waals surface area contributed by atoms with E-state index in [1.165, 1.54) is 0 Å². The summed E-state index contributed by atoms with van der Waals surface area (Å²) in [6.45, 7) is 3.88. The van der Waals surface area contributed by atoms with Gasteiger partial charge in [-0.25, -0.2) is 0 Å². The number of amides is 2. The minimum Gasteiger partial charge on any atom is -0.379 e. The Hall–Kier alpha value is -1.10. The first kappa shape index (κ1) is 12.0. The molecular formula is C13H20N2O3. The van der Waals surface area contributed by atoms with Gasteiger partial charge in [0.05, 0.1) is 12.1 Å². The van der Waals surface area contributed by atoms with Crippen LogP contribution in [0.4, 0.5) is 0 Å². The van der Waals surface area contributed by atoms with E-state index in [9.17, 15) is 9.59 Å². The number of nitrogens with zero attached hydrogens (tertiary/aromatic N) is 1. The average molecular weight is 252 g/mol. The van der Waals surface area contributed by atoms with E-state index in [2.05, 4.69) is 12.2 Å². The summed E-state index contributed by atoms with van der Waals surface area (Å²) < 4.78 is 5.44. The number of rotatable bonds is 2. The van der Waals surface area contributed by atoms with Crippen molar-refractivity contribution in [1.29, 1.82) is 0 Å². The molecule has 2 unspecified atom stereocenters. The Morgan fingerprint density at radius 2 is 2.17 bits per heavy atom. The van der Waals surface area contributed by atoms with E-state index in [1.807, 2.05) is 4.90 Å². The number of nitrogens with one attached hydrogen (secondary N) is 1. The minimum atomic E-state index is -0.294. The fourth-order valence-corrected chi connectivity index (χ4v) is 2.95. The topological polar surface area (TPSA) is 58.6 Å². The standard InChI is InChI=1S/C13H20N2O3/c1-13(5-7-18-8-13)15-6-4-10(16)14-11(12(15)17)9-2-3-9/h9,11H,2-8H2,1H3,(H,14,16). The molecular weight excluding hydrogens is 232 g/mol. The highest BCUT2D eigenvalue weighted by molar-refractivity contribution is 5.91. The second-order valence-corrected chi connectivity index (χ2v) is 5.92. The molecule has 2 heterocycles. The Bertz CT molecular complexity index is 372. The third kappa shape index (κ3) is 2.00. The molecule has 3 aliphatic rings. The molecule has 5 heteroatoms. The van der Waals surface area contributed by atoms with Gasteiger partial charge in [-0.05, 0) is 32.1 Å². The molecule has 0 radical (unpaired) electrons. The van der Waals surface area contributed by atoms with E-state index in [1.54, 1.807) is 0 Å². The molecule has 0 spiro atoms. The molecule has 0 aromatic rings. The number of ether oxygens (including phenoxy) is 1. The first-order valence-corrected chi connectivity index (χ1v) is 6.79. The van der Waals surface area contributed by atoms with Crippen molar-refractivity contribution in [3.05, 3.63) is 0 Å². The van der Waals surface area contributed by atoms with E-state index in [-0.39, 0.29) is 23.4 Å². The number of hydrogen-bond acceptors (Lipinski definition) is 3. The zero-order valence-electron chi connectivity index (χ0n) is 10.8. The lowest BCUT2D eigenvalue weighted by molar-refractivity contribution is -0.139. The highest BCUT2D eigenvalue weighted by atomic mass is 16.5. The lowest BCUT2D eigenvalue weighted by Gasteiger charge is -2.37. The van der Waals surface area contributed by atoms with E-state index in [0.717, 1.165) is 19.3 Å². The van der Waals surface area contributed by atoms with Gasteiger partial charge in [-0.15, -0.1) is 0 Å². The smallest absolute Gasteiger partial charge is 0.245 e. The van der Waals surface area contributed by atoms with Crippen molar-refractivity contribution in [2.75, 3.05) is 19.8 Å². The Morgan fingerprint density at radius 1 is 1.39 bits per heavy atom. The normalized spacial score (nSPS) is 37.6. The maximum atomic E-state index is 12.6. The molecule has 1 saturated carbocycles. The lowest BCUT2D eigenvalue weighted by Crippen LogP contribution is -2.55. The lowest BCUT2D eigenvalue weighted by atomic mass is 9.97. The number of carbonyl (C=O) groups is 2. The average Bonchev–Trinajstić information content (AvgIpc) is 3.09. The van der Waals surface area contributed by atoms with Crippen molar-refractivity contribution < 1.29 is 14.3 Å². The van der Waals surface area contributed by atoms with Gasteiger partial charge in [-0.3, -0.25) is 9.59 Å². The second-order valence-electron chi connectivity index (χ2n) is 5.92. The molecule has 18 heavy (non-hydrogen) atoms. The van der Waals surface area contributed by atoms with Gasteiger partial charge in [0.1, 0.15) is 6.04 Å². The molecule has 2 aliphatic heterocycles. The highest BCUT2D eigenvalue weighted by Crippen LogP contribution is 2.36. The van der Waals surface area contributed by atoms with Crippen molar-refractivity contribution in [3.8, 4) is 0 Å². The number of carbonyl (C=O) groups excluding carboxylic acids is 2. The second kappa shape index (κ2) is 4.23. The molecule has 5 nitrogen and oxygen atoms in total. The zero-order chi connectivity index (χ0) is 12.8. The van der Waals surface area contributed by atoms with Crippen LogP contribution in [-0.2, 0) is 14.3 Å². The number of hydrogen-bond donors (Lipinski definition) is 1. The van der Waals surface area contributed by atoms with Gasteiger partial charge in [0, 0.05) is 19.6 Å². The predicted octanol–water partition coefficient (Wildman–Crippen LogP) is 0.293. The summed E-state index contributed by atoms with van der Waals surface area (Å²) in [7, 11) is 0. The fraction of sp³-hybridized carbons (Fsp3) is 0.846. The maximum Gasteiger partial charge on any atom is 0.245 e. The molecule has 3 rings (SSSR count). The molecule has 100 valence electrons. The van der Waals surface area contributed by atoms with E-state index < -0.39 is 0 Å². The van der Waals surface area contributed by atoms with Crippen molar-refractivity contribution in [1.82, 2.24) is 10.2 Å². The predicted molar refractivity (Wildman–Crippen MR) is 64.8 cm³/mol. The van der Waals surface area contributed by atoms with Gasteiger partial charge in [0.2, 0.25) is 11.8 Å². The summed E-state index contributed by atoms with van der Waals surface area (Å²) >= 11 is 0. The van der Waals surface area contributed by atoms with Gasteiger partial charge in [0.25, 0.3) is 0 Å². The van der Waals surface area contributed by atoms with Crippen molar-refractivity contribution >= 4 is 11.8 Å². The summed E-state index contributed by atoms with van der Waals surface area (Å²) in [5.74, 6) is 0.453. The zero-order valence-corrected chi connectivity index (χ0v) is 10.8. The van der Waals surface area contributed by atoms with Crippen LogP contribution in [-0.4, -0.2) is 48.1 Å². The molecule has 2 amide bonds. The summed E-state index contributed by atoms with van der Waals surface area (Å²) in [4.78, 5) is 26.2. The van der Waals surface area contributed by atoms with Crippen LogP contribution in [0.1, 0.15) is 32.6 Å². The van der Waals surface area contributed by atoms with E-state index >= 15 is 0 Å². The monoisotopic (exact) mass is 252 g/mol. The van der Waals surface area contributed by atoms with Gasteiger partial charge in [-0.2, -0.15) is 0 Å². The van der Waals surface area contributed by atoms with Crippen LogP contribution >= 0.6 is 0 Å². The van der Waals surface area contributed by atoms with Crippen LogP contribution in [0.15, 0.2) is 0 Å². The van der Waals surface area contributed by atoms with E-state index in [0.29, 0.717) is 32.1 Å². The molecule has 0 aromatic carbocycles. The van der Waals surface area contributed by atoms with E-state index in [4.69, 9.17) is 4.74 Å². The van der Waals surface area contributed by atoms with Gasteiger partial charge in [0.15, 0.2) is 0 Å². The minimum absolute atomic E-state index is 0.00488. The van der Waals surface area contributed by atoms with Crippen molar-refractivity contribution in [2.24, 2.45) is 5.92 Å². The Morgan fingerprint density at radius 3 is 2.78 bits per heavy atom. The van der Waals surface area contributed by atoms with Gasteiger partial charge in [-0.1, -0.05) is 0 Å². The quantitative estimate of drug-likeness (QED) is 0.768. The Labute approximate surface area is 107 Å². The molecule has 0 aromatic heterocycles. The third-order valence-electron chi connectivity index (χ3n) is 4.35. The van der Waals surface area contributed by atoms with Crippen LogP contribution in [0.3, 0.4) is 0 Å². The summed E-state index contributed by atoms with van der Waals surface area (Å²) in [6, 6.07) is -0.294. The van der Waals surface area contributed by atoms with Crippen LogP contribution in [0.25, 0.3) is 0 Å². The fourth-order valence-electron chi connectivity index (χ4n) is 2.95. The molecule has 1 N–H and O–H groups in total. The van der Waals surface area contributed by atoms with Crippen LogP contribution in [0, 0.1) is 5.92 Å². The molecule has 2 saturated heterocycles. The first-order chi connectivity index (χ1) is 8.60. The Balaban J connectivity index is 1.83. The third-order valence-corrected chi connectivity index (χ3v) is 4.35. The molecule has 3 fully saturated rings. The Kier molecular flexibility index (Phi) is 2.81. The van der Waals surface area contributed by atoms with Crippen LogP contribution < -0.4 is 5.32 Å².